The Morgan fingerprint density at radius 3 is 2.03 bits per heavy atom. The zero-order chi connectivity index (χ0) is 22.4. The Hall–Kier alpha value is -3.75. The molecule has 0 saturated carbocycles. The lowest BCUT2D eigenvalue weighted by molar-refractivity contribution is -0.384. The molecule has 0 radical (unpaired) electrons. The van der Waals surface area contributed by atoms with Crippen molar-refractivity contribution in [1.82, 2.24) is 4.90 Å². The molecule has 1 aliphatic rings. The van der Waals surface area contributed by atoms with Crippen LogP contribution in [0.3, 0.4) is 0 Å². The predicted molar refractivity (Wildman–Crippen MR) is 117 cm³/mol. The molecule has 1 amide bonds. The van der Waals surface area contributed by atoms with Gasteiger partial charge in [-0.05, 0) is 35.9 Å². The van der Waals surface area contributed by atoms with Gasteiger partial charge in [0.25, 0.3) is 5.69 Å². The largest absolute Gasteiger partial charge is 0.493 e. The first-order valence-electron chi connectivity index (χ1n) is 9.73. The summed E-state index contributed by atoms with van der Waals surface area (Å²) < 4.78 is 16.0. The highest BCUT2D eigenvalue weighted by Crippen LogP contribution is 2.38. The molecule has 0 N–H and O–H groups in total. The maximum atomic E-state index is 12.6. The SMILES string of the molecule is COc1cc(C=CC(=O)N2CCN(c3ccc([N+](=O)[O-])cc3)CC2)cc(OC)c1OC. The smallest absolute Gasteiger partial charge is 0.269 e. The Morgan fingerprint density at radius 1 is 0.968 bits per heavy atom. The van der Waals surface area contributed by atoms with Crippen LogP contribution < -0.4 is 19.1 Å². The van der Waals surface area contributed by atoms with E-state index in [1.165, 1.54) is 25.3 Å². The minimum atomic E-state index is -0.416. The third kappa shape index (κ3) is 5.06. The molecule has 3 rings (SSSR count). The molecule has 0 spiro atoms. The molecule has 31 heavy (non-hydrogen) atoms. The van der Waals surface area contributed by atoms with E-state index in [1.54, 1.807) is 49.5 Å². The first-order valence-corrected chi connectivity index (χ1v) is 9.73. The summed E-state index contributed by atoms with van der Waals surface area (Å²) in [6.07, 6.45) is 3.25. The first-order chi connectivity index (χ1) is 15.0. The number of nitro benzene ring substituents is 1. The van der Waals surface area contributed by atoms with Crippen LogP contribution in [0.5, 0.6) is 17.2 Å². The molecule has 164 valence electrons. The molecule has 9 nitrogen and oxygen atoms in total. The van der Waals surface area contributed by atoms with Crippen LogP contribution in [-0.2, 0) is 4.79 Å². The van der Waals surface area contributed by atoms with Crippen LogP contribution in [0, 0.1) is 10.1 Å². The molecule has 0 aliphatic carbocycles. The highest BCUT2D eigenvalue weighted by Gasteiger charge is 2.20. The van der Waals surface area contributed by atoms with Gasteiger partial charge in [0.1, 0.15) is 0 Å². The number of nitro groups is 1. The van der Waals surface area contributed by atoms with Crippen LogP contribution in [-0.4, -0.2) is 63.2 Å². The summed E-state index contributed by atoms with van der Waals surface area (Å²) in [6, 6.07) is 10.0. The number of anilines is 1. The second-order valence-corrected chi connectivity index (χ2v) is 6.88. The molecule has 2 aromatic rings. The quantitative estimate of drug-likeness (QED) is 0.381. The van der Waals surface area contributed by atoms with Crippen molar-refractivity contribution in [3.8, 4) is 17.2 Å². The standard InChI is InChI=1S/C22H25N3O6/c1-29-19-14-16(15-20(30-2)22(19)31-3)4-9-21(26)24-12-10-23(11-13-24)17-5-7-18(8-6-17)25(27)28/h4-9,14-15H,10-13H2,1-3H3. The number of methoxy groups -OCH3 is 3. The fraction of sp³-hybridized carbons (Fsp3) is 0.318. The topological polar surface area (TPSA) is 94.4 Å². The molecule has 0 unspecified atom stereocenters. The lowest BCUT2D eigenvalue weighted by Crippen LogP contribution is -2.48. The Bertz CT molecular complexity index is 941. The summed E-state index contributed by atoms with van der Waals surface area (Å²) >= 11 is 0. The van der Waals surface area contributed by atoms with Gasteiger partial charge in [0.05, 0.1) is 26.3 Å². The molecule has 1 saturated heterocycles. The van der Waals surface area contributed by atoms with Gasteiger partial charge in [-0.15, -0.1) is 0 Å². The van der Waals surface area contributed by atoms with Crippen LogP contribution in [0.1, 0.15) is 5.56 Å². The van der Waals surface area contributed by atoms with Crippen LogP contribution in [0.25, 0.3) is 6.08 Å². The second-order valence-electron chi connectivity index (χ2n) is 6.88. The minimum absolute atomic E-state index is 0.0643. The van der Waals surface area contributed by atoms with Crippen molar-refractivity contribution < 1.29 is 23.9 Å². The Kier molecular flexibility index (Phi) is 6.96. The van der Waals surface area contributed by atoms with Crippen molar-refractivity contribution in [3.05, 3.63) is 58.2 Å². The van der Waals surface area contributed by atoms with E-state index in [4.69, 9.17) is 14.2 Å². The Labute approximate surface area is 180 Å². The number of hydrogen-bond donors (Lipinski definition) is 0. The van der Waals surface area contributed by atoms with E-state index >= 15 is 0 Å². The summed E-state index contributed by atoms with van der Waals surface area (Å²) in [4.78, 5) is 26.9. The van der Waals surface area contributed by atoms with Gasteiger partial charge in [-0.1, -0.05) is 0 Å². The molecular formula is C22H25N3O6. The summed E-state index contributed by atoms with van der Waals surface area (Å²) in [6.45, 7) is 2.44. The van der Waals surface area contributed by atoms with Crippen molar-refractivity contribution in [3.63, 3.8) is 0 Å². The average Bonchev–Trinajstić information content (AvgIpc) is 2.81. The highest BCUT2D eigenvalue weighted by atomic mass is 16.6. The van der Waals surface area contributed by atoms with E-state index in [0.717, 1.165) is 11.3 Å². The van der Waals surface area contributed by atoms with E-state index in [9.17, 15) is 14.9 Å². The zero-order valence-corrected chi connectivity index (χ0v) is 17.7. The van der Waals surface area contributed by atoms with Gasteiger partial charge in [0, 0.05) is 50.1 Å². The minimum Gasteiger partial charge on any atom is -0.493 e. The number of benzene rings is 2. The molecule has 9 heteroatoms. The highest BCUT2D eigenvalue weighted by molar-refractivity contribution is 5.92. The average molecular weight is 427 g/mol. The summed E-state index contributed by atoms with van der Waals surface area (Å²) in [7, 11) is 4.62. The number of carbonyl (C=O) groups excluding carboxylic acids is 1. The molecule has 0 bridgehead atoms. The molecular weight excluding hydrogens is 402 g/mol. The fourth-order valence-corrected chi connectivity index (χ4v) is 3.44. The normalized spacial score (nSPS) is 13.9. The number of carbonyl (C=O) groups is 1. The third-order valence-electron chi connectivity index (χ3n) is 5.12. The van der Waals surface area contributed by atoms with Crippen LogP contribution >= 0.6 is 0 Å². The number of nitrogens with zero attached hydrogens (tertiary/aromatic N) is 3. The van der Waals surface area contributed by atoms with Gasteiger partial charge in [-0.25, -0.2) is 0 Å². The fourth-order valence-electron chi connectivity index (χ4n) is 3.44. The molecule has 1 fully saturated rings. The number of rotatable bonds is 7. The summed E-state index contributed by atoms with van der Waals surface area (Å²) in [5, 5.41) is 10.8. The van der Waals surface area contributed by atoms with E-state index in [1.807, 2.05) is 0 Å². The van der Waals surface area contributed by atoms with E-state index in [0.29, 0.717) is 43.4 Å². The zero-order valence-electron chi connectivity index (χ0n) is 17.7. The molecule has 2 aromatic carbocycles. The Balaban J connectivity index is 1.62. The van der Waals surface area contributed by atoms with Crippen molar-refractivity contribution in [2.75, 3.05) is 52.4 Å². The summed E-state index contributed by atoms with van der Waals surface area (Å²) in [5.74, 6) is 1.45. The summed E-state index contributed by atoms with van der Waals surface area (Å²) in [5.41, 5.74) is 1.73. The van der Waals surface area contributed by atoms with Crippen molar-refractivity contribution in [2.24, 2.45) is 0 Å². The van der Waals surface area contributed by atoms with Gasteiger partial charge >= 0.3 is 0 Å². The maximum Gasteiger partial charge on any atom is 0.269 e. The molecule has 0 atom stereocenters. The van der Waals surface area contributed by atoms with Crippen LogP contribution in [0.4, 0.5) is 11.4 Å². The number of amides is 1. The Morgan fingerprint density at radius 2 is 1.55 bits per heavy atom. The van der Waals surface area contributed by atoms with Gasteiger partial charge in [0.2, 0.25) is 11.7 Å². The predicted octanol–water partition coefficient (Wildman–Crippen LogP) is 2.98. The van der Waals surface area contributed by atoms with E-state index in [-0.39, 0.29) is 11.6 Å². The third-order valence-corrected chi connectivity index (χ3v) is 5.12. The van der Waals surface area contributed by atoms with Crippen LogP contribution in [0.15, 0.2) is 42.5 Å². The number of ether oxygens (including phenoxy) is 3. The lowest BCUT2D eigenvalue weighted by Gasteiger charge is -2.35. The monoisotopic (exact) mass is 427 g/mol. The number of hydrogen-bond acceptors (Lipinski definition) is 7. The van der Waals surface area contributed by atoms with E-state index < -0.39 is 4.92 Å². The van der Waals surface area contributed by atoms with Gasteiger partial charge in [-0.2, -0.15) is 0 Å². The van der Waals surface area contributed by atoms with Gasteiger partial charge in [-0.3, -0.25) is 14.9 Å². The van der Waals surface area contributed by atoms with Gasteiger partial charge < -0.3 is 24.0 Å². The van der Waals surface area contributed by atoms with Crippen molar-refractivity contribution in [2.45, 2.75) is 0 Å². The van der Waals surface area contributed by atoms with Crippen molar-refractivity contribution in [1.29, 1.82) is 0 Å². The van der Waals surface area contributed by atoms with E-state index in [2.05, 4.69) is 4.90 Å². The number of piperazine rings is 1. The van der Waals surface area contributed by atoms with Gasteiger partial charge in [0.15, 0.2) is 11.5 Å². The molecule has 1 aliphatic heterocycles. The maximum absolute atomic E-state index is 12.6. The lowest BCUT2D eigenvalue weighted by atomic mass is 10.1. The van der Waals surface area contributed by atoms with Crippen LogP contribution in [0.2, 0.25) is 0 Å². The van der Waals surface area contributed by atoms with Crippen molar-refractivity contribution >= 4 is 23.4 Å². The molecule has 0 aromatic heterocycles. The molecule has 1 heterocycles. The second kappa shape index (κ2) is 9.84. The number of non-ortho nitro benzene ring substituents is 1. The first kappa shape index (κ1) is 21.9.